The molecule has 0 aliphatic carbocycles. The van der Waals surface area contributed by atoms with Gasteiger partial charge in [-0.05, 0) is 47.2 Å². The highest BCUT2D eigenvalue weighted by Crippen LogP contribution is 2.39. The largest absolute Gasteiger partial charge is 0.507 e. The number of hydrogen-bond acceptors (Lipinski definition) is 4. The highest BCUT2D eigenvalue weighted by molar-refractivity contribution is 8.18. The molecule has 0 saturated carbocycles. The Balaban J connectivity index is 1.90. The van der Waals surface area contributed by atoms with Gasteiger partial charge in [-0.3, -0.25) is 14.5 Å². The SMILES string of the molecule is O=C1SC(=Cc2ccc(O)c(C(F)(F)F)c2)C(=O)N1Cc1ccccc1C(F)(F)F. The third-order valence-electron chi connectivity index (χ3n) is 4.15. The van der Waals surface area contributed by atoms with Crippen molar-refractivity contribution in [1.29, 1.82) is 0 Å². The lowest BCUT2D eigenvalue weighted by atomic mass is 10.1. The van der Waals surface area contributed by atoms with Crippen LogP contribution in [0, 0.1) is 0 Å². The molecule has 3 rings (SSSR count). The number of amides is 2. The van der Waals surface area contributed by atoms with E-state index < -0.39 is 46.9 Å². The molecule has 1 saturated heterocycles. The van der Waals surface area contributed by atoms with E-state index >= 15 is 0 Å². The first kappa shape index (κ1) is 21.8. The smallest absolute Gasteiger partial charge is 0.419 e. The summed E-state index contributed by atoms with van der Waals surface area (Å²) in [6.07, 6.45) is -8.52. The number of phenolic OH excluding ortho intramolecular Hbond substituents is 1. The van der Waals surface area contributed by atoms with E-state index in [0.717, 1.165) is 30.3 Å². The van der Waals surface area contributed by atoms with Gasteiger partial charge in [0.05, 0.1) is 22.6 Å². The molecule has 4 nitrogen and oxygen atoms in total. The van der Waals surface area contributed by atoms with Gasteiger partial charge in [-0.2, -0.15) is 26.3 Å². The van der Waals surface area contributed by atoms with Crippen LogP contribution in [-0.4, -0.2) is 21.2 Å². The van der Waals surface area contributed by atoms with Crippen molar-refractivity contribution in [1.82, 2.24) is 4.90 Å². The molecule has 0 atom stereocenters. The lowest BCUT2D eigenvalue weighted by Gasteiger charge is -2.17. The maximum atomic E-state index is 13.1. The molecular formula is C19H11F6NO3S. The first-order valence-corrected chi connectivity index (χ1v) is 9.00. The van der Waals surface area contributed by atoms with Crippen LogP contribution in [0.15, 0.2) is 47.4 Å². The van der Waals surface area contributed by atoms with Gasteiger partial charge in [0.15, 0.2) is 0 Å². The Morgan fingerprint density at radius 2 is 1.57 bits per heavy atom. The van der Waals surface area contributed by atoms with Crippen molar-refractivity contribution >= 4 is 29.0 Å². The summed E-state index contributed by atoms with van der Waals surface area (Å²) in [6, 6.07) is 6.95. The molecule has 0 spiro atoms. The molecule has 0 bridgehead atoms. The minimum absolute atomic E-state index is 0.110. The molecule has 2 amide bonds. The Morgan fingerprint density at radius 3 is 2.20 bits per heavy atom. The normalized spacial score (nSPS) is 16.6. The number of phenols is 1. The van der Waals surface area contributed by atoms with Crippen LogP contribution in [0.5, 0.6) is 5.75 Å². The van der Waals surface area contributed by atoms with Crippen molar-refractivity contribution in [2.75, 3.05) is 0 Å². The zero-order valence-electron chi connectivity index (χ0n) is 14.7. The van der Waals surface area contributed by atoms with E-state index in [1.165, 1.54) is 12.1 Å². The fraction of sp³-hybridized carbons (Fsp3) is 0.158. The third-order valence-corrected chi connectivity index (χ3v) is 5.06. The Hall–Kier alpha value is -2.95. The van der Waals surface area contributed by atoms with Crippen LogP contribution in [0.25, 0.3) is 6.08 Å². The van der Waals surface area contributed by atoms with Crippen LogP contribution in [0.1, 0.15) is 22.3 Å². The second kappa shape index (κ2) is 7.71. The summed E-state index contributed by atoms with van der Waals surface area (Å²) in [7, 11) is 0. The molecule has 0 radical (unpaired) electrons. The van der Waals surface area contributed by atoms with Crippen LogP contribution in [-0.2, 0) is 23.7 Å². The fourth-order valence-corrected chi connectivity index (χ4v) is 3.60. The van der Waals surface area contributed by atoms with Crippen LogP contribution in [0.4, 0.5) is 31.1 Å². The van der Waals surface area contributed by atoms with E-state index in [9.17, 15) is 41.0 Å². The molecule has 1 heterocycles. The topological polar surface area (TPSA) is 57.6 Å². The van der Waals surface area contributed by atoms with Crippen molar-refractivity contribution < 1.29 is 41.0 Å². The average molecular weight is 447 g/mol. The number of benzene rings is 2. The van der Waals surface area contributed by atoms with E-state index in [2.05, 4.69) is 0 Å². The van der Waals surface area contributed by atoms with Crippen molar-refractivity contribution in [2.45, 2.75) is 18.9 Å². The van der Waals surface area contributed by atoms with E-state index in [1.807, 2.05) is 0 Å². The summed E-state index contributed by atoms with van der Waals surface area (Å²) in [5.74, 6) is -1.93. The Labute approximate surface area is 169 Å². The lowest BCUT2D eigenvalue weighted by Crippen LogP contribution is -2.28. The minimum atomic E-state index is -4.84. The number of nitrogens with zero attached hydrogens (tertiary/aromatic N) is 1. The number of halogens is 6. The van der Waals surface area contributed by atoms with Gasteiger partial charge in [-0.15, -0.1) is 0 Å². The Bertz CT molecular complexity index is 1050. The number of hydrogen-bond donors (Lipinski definition) is 1. The maximum Gasteiger partial charge on any atom is 0.419 e. The van der Waals surface area contributed by atoms with Crippen LogP contribution in [0.2, 0.25) is 0 Å². The summed E-state index contributed by atoms with van der Waals surface area (Å²) >= 11 is 0.400. The number of carbonyl (C=O) groups excluding carboxylic acids is 2. The number of rotatable bonds is 3. The summed E-state index contributed by atoms with van der Waals surface area (Å²) in [4.78, 5) is 25.0. The molecule has 0 unspecified atom stereocenters. The monoisotopic (exact) mass is 447 g/mol. The maximum absolute atomic E-state index is 13.1. The second-order valence-corrected chi connectivity index (χ2v) is 7.19. The van der Waals surface area contributed by atoms with Gasteiger partial charge in [0.2, 0.25) is 0 Å². The molecule has 2 aromatic carbocycles. The number of carbonyl (C=O) groups is 2. The molecule has 158 valence electrons. The van der Waals surface area contributed by atoms with Gasteiger partial charge in [0.25, 0.3) is 11.1 Å². The van der Waals surface area contributed by atoms with E-state index in [1.54, 1.807) is 0 Å². The summed E-state index contributed by atoms with van der Waals surface area (Å²) in [5.41, 5.74) is -2.73. The molecule has 1 fully saturated rings. The van der Waals surface area contributed by atoms with Crippen LogP contribution in [0.3, 0.4) is 0 Å². The van der Waals surface area contributed by atoms with Gasteiger partial charge in [-0.1, -0.05) is 24.3 Å². The predicted molar refractivity (Wildman–Crippen MR) is 96.1 cm³/mol. The number of alkyl halides is 6. The number of thioether (sulfide) groups is 1. The van der Waals surface area contributed by atoms with Gasteiger partial charge < -0.3 is 5.11 Å². The fourth-order valence-electron chi connectivity index (χ4n) is 2.76. The quantitative estimate of drug-likeness (QED) is 0.487. The molecule has 2 aromatic rings. The minimum Gasteiger partial charge on any atom is -0.507 e. The van der Waals surface area contributed by atoms with Crippen molar-refractivity contribution in [3.8, 4) is 5.75 Å². The van der Waals surface area contributed by atoms with Crippen molar-refractivity contribution in [3.63, 3.8) is 0 Å². The third kappa shape index (κ3) is 4.45. The highest BCUT2D eigenvalue weighted by atomic mass is 32.2. The van der Waals surface area contributed by atoms with Gasteiger partial charge in [-0.25, -0.2) is 0 Å². The van der Waals surface area contributed by atoms with Crippen LogP contribution < -0.4 is 0 Å². The zero-order valence-corrected chi connectivity index (χ0v) is 15.5. The first-order chi connectivity index (χ1) is 13.9. The molecule has 1 N–H and O–H groups in total. The molecular weight excluding hydrogens is 436 g/mol. The number of aromatic hydroxyl groups is 1. The van der Waals surface area contributed by atoms with Crippen LogP contribution >= 0.6 is 11.8 Å². The van der Waals surface area contributed by atoms with E-state index in [-0.39, 0.29) is 16.0 Å². The molecule has 11 heteroatoms. The van der Waals surface area contributed by atoms with Crippen molar-refractivity contribution in [3.05, 3.63) is 69.6 Å². The summed E-state index contributed by atoms with van der Waals surface area (Å²) in [6.45, 7) is -0.638. The average Bonchev–Trinajstić information content (AvgIpc) is 2.89. The van der Waals surface area contributed by atoms with Gasteiger partial charge in [0.1, 0.15) is 5.75 Å². The lowest BCUT2D eigenvalue weighted by molar-refractivity contribution is -0.139. The highest BCUT2D eigenvalue weighted by Gasteiger charge is 2.39. The summed E-state index contributed by atoms with van der Waals surface area (Å²) < 4.78 is 78.1. The molecule has 1 aliphatic rings. The zero-order chi connectivity index (χ0) is 22.3. The van der Waals surface area contributed by atoms with Crippen molar-refractivity contribution in [2.24, 2.45) is 0 Å². The second-order valence-electron chi connectivity index (χ2n) is 6.20. The molecule has 1 aliphatic heterocycles. The van der Waals surface area contributed by atoms with Gasteiger partial charge >= 0.3 is 12.4 Å². The Morgan fingerprint density at radius 1 is 0.933 bits per heavy atom. The number of imide groups is 1. The van der Waals surface area contributed by atoms with E-state index in [4.69, 9.17) is 0 Å². The predicted octanol–water partition coefficient (Wildman–Crippen LogP) is 5.67. The molecule has 0 aromatic heterocycles. The first-order valence-electron chi connectivity index (χ1n) is 8.18. The van der Waals surface area contributed by atoms with E-state index in [0.29, 0.717) is 22.7 Å². The standard InChI is InChI=1S/C19H11F6NO3S/c20-18(21,22)12-4-2-1-3-11(12)9-26-16(28)15(30-17(26)29)8-10-5-6-14(27)13(7-10)19(23,24)25/h1-8,27H,9H2. The summed E-state index contributed by atoms with van der Waals surface area (Å²) in [5, 5.41) is 8.51. The molecule has 30 heavy (non-hydrogen) atoms. The Kier molecular flexibility index (Phi) is 5.59. The van der Waals surface area contributed by atoms with Gasteiger partial charge in [0, 0.05) is 0 Å².